The second kappa shape index (κ2) is 51.5. The van der Waals surface area contributed by atoms with Gasteiger partial charge in [0.15, 0.2) is 6.10 Å². The van der Waals surface area contributed by atoms with Gasteiger partial charge in [0, 0.05) is 19.3 Å². The maximum absolute atomic E-state index is 12.8. The fraction of sp³-hybridized carbons (Fsp3) is 0.638. The van der Waals surface area contributed by atoms with Crippen LogP contribution in [0.2, 0.25) is 0 Å². The van der Waals surface area contributed by atoms with Crippen LogP contribution in [0.1, 0.15) is 201 Å². The van der Waals surface area contributed by atoms with E-state index in [1.165, 1.54) is 44.9 Å². The Hall–Kier alpha value is -3.86. The van der Waals surface area contributed by atoms with Crippen LogP contribution in [0.3, 0.4) is 0 Å². The van der Waals surface area contributed by atoms with Gasteiger partial charge in [-0.1, -0.05) is 201 Å². The van der Waals surface area contributed by atoms with E-state index < -0.39 is 64.4 Å². The standard InChI is InChI=1S/C58H95O11P/c1-4-7-10-13-16-19-22-24-25-26-27-28-29-31-33-35-38-41-44-47-56(60)65-51-55(69-58(62)49-46-43-40-37-34-30-23-20-17-14-11-8-5-2)53-67-70(63,64)66-52-54(50-59)68-57(61)48-45-42-39-36-32-21-18-15-12-9-6-3/h7-8,10-11,16-17,19-20,24-25,27-28,30-31,33-34,38,41,54-55,59H,4-6,9,12-15,18,21-23,26,29,32,35-37,39-40,42-53H2,1-3H3,(H,63,64)/b10-7-,11-8-,19-16-,20-17-,25-24-,28-27-,33-31-,34-30-,41-38-. The lowest BCUT2D eigenvalue weighted by atomic mass is 10.1. The molecular weight excluding hydrogens is 904 g/mol. The van der Waals surface area contributed by atoms with Crippen molar-refractivity contribution in [3.8, 4) is 0 Å². The number of phosphoric acid groups is 1. The number of unbranched alkanes of at least 4 members (excludes halogenated alkanes) is 13. The first kappa shape index (κ1) is 66.1. The molecule has 3 unspecified atom stereocenters. The van der Waals surface area contributed by atoms with E-state index in [0.717, 1.165) is 96.3 Å². The van der Waals surface area contributed by atoms with Crippen LogP contribution < -0.4 is 0 Å². The molecule has 11 nitrogen and oxygen atoms in total. The average Bonchev–Trinajstić information content (AvgIpc) is 3.35. The van der Waals surface area contributed by atoms with Gasteiger partial charge >= 0.3 is 25.7 Å². The molecular formula is C58H95O11P. The molecule has 2 N–H and O–H groups in total. The third-order valence-corrected chi connectivity index (χ3v) is 11.7. The Kier molecular flexibility index (Phi) is 48.7. The lowest BCUT2D eigenvalue weighted by Crippen LogP contribution is -2.30. The number of ether oxygens (including phenoxy) is 3. The normalized spacial score (nSPS) is 14.3. The summed E-state index contributed by atoms with van der Waals surface area (Å²) in [7, 11) is -4.77. The molecule has 3 atom stereocenters. The van der Waals surface area contributed by atoms with E-state index >= 15 is 0 Å². The highest BCUT2D eigenvalue weighted by Crippen LogP contribution is 2.43. The van der Waals surface area contributed by atoms with Gasteiger partial charge in [0.1, 0.15) is 12.7 Å². The molecule has 0 heterocycles. The molecule has 12 heteroatoms. The Bertz CT molecular complexity index is 1590. The highest BCUT2D eigenvalue weighted by atomic mass is 31.2. The lowest BCUT2D eigenvalue weighted by Gasteiger charge is -2.21. The average molecular weight is 999 g/mol. The SMILES string of the molecule is CC/C=C\C/C=C\C/C=C\C/C=C\C/C=C\C/C=C\CCC(=O)OCC(COP(=O)(O)OCC(CO)OC(=O)CCCCCCCCCCCCC)OC(=O)CCCCC/C=C\C/C=C\C/C=C\CC. The van der Waals surface area contributed by atoms with Gasteiger partial charge in [-0.2, -0.15) is 0 Å². The van der Waals surface area contributed by atoms with Crippen LogP contribution in [0, 0.1) is 0 Å². The molecule has 0 aromatic heterocycles. The molecule has 0 aromatic rings. The number of hydrogen-bond acceptors (Lipinski definition) is 10. The fourth-order valence-corrected chi connectivity index (χ4v) is 7.47. The summed E-state index contributed by atoms with van der Waals surface area (Å²) in [6, 6.07) is 0. The number of carbonyl (C=O) groups is 3. The summed E-state index contributed by atoms with van der Waals surface area (Å²) in [4.78, 5) is 48.3. The van der Waals surface area contributed by atoms with Crippen LogP contribution in [0.4, 0.5) is 0 Å². The molecule has 0 aliphatic heterocycles. The molecule has 0 aliphatic carbocycles. The van der Waals surface area contributed by atoms with Gasteiger partial charge in [0.05, 0.1) is 19.8 Å². The zero-order valence-corrected chi connectivity index (χ0v) is 44.6. The zero-order valence-electron chi connectivity index (χ0n) is 43.7. The van der Waals surface area contributed by atoms with Crippen LogP contribution in [0.5, 0.6) is 0 Å². The topological polar surface area (TPSA) is 155 Å². The maximum atomic E-state index is 12.8. The molecule has 0 rings (SSSR count). The van der Waals surface area contributed by atoms with E-state index in [1.54, 1.807) is 0 Å². The largest absolute Gasteiger partial charge is 0.472 e. The van der Waals surface area contributed by atoms with Crippen molar-refractivity contribution < 1.29 is 52.2 Å². The molecule has 0 aromatic carbocycles. The van der Waals surface area contributed by atoms with Crippen LogP contribution in [-0.2, 0) is 42.2 Å². The molecule has 0 aliphatic rings. The fourth-order valence-electron chi connectivity index (χ4n) is 6.69. The number of rotatable bonds is 48. The van der Waals surface area contributed by atoms with E-state index in [9.17, 15) is 28.9 Å². The second-order valence-electron chi connectivity index (χ2n) is 17.3. The third kappa shape index (κ3) is 49.1. The predicted octanol–water partition coefficient (Wildman–Crippen LogP) is 15.5. The van der Waals surface area contributed by atoms with E-state index in [4.69, 9.17) is 23.3 Å². The number of allylic oxidation sites excluding steroid dienone is 18. The molecule has 0 spiro atoms. The first-order chi connectivity index (χ1) is 34.2. The number of phosphoric ester groups is 1. The van der Waals surface area contributed by atoms with Gasteiger partial charge in [-0.05, 0) is 89.9 Å². The Morgan fingerprint density at radius 1 is 0.414 bits per heavy atom. The Morgan fingerprint density at radius 3 is 1.20 bits per heavy atom. The first-order valence-electron chi connectivity index (χ1n) is 26.8. The summed E-state index contributed by atoms with van der Waals surface area (Å²) < 4.78 is 39.3. The molecule has 0 fully saturated rings. The van der Waals surface area contributed by atoms with E-state index in [-0.39, 0.29) is 19.3 Å². The molecule has 0 saturated heterocycles. The van der Waals surface area contributed by atoms with Crippen molar-refractivity contribution in [3.05, 3.63) is 109 Å². The number of carbonyl (C=O) groups excluding carboxylic acids is 3. The minimum absolute atomic E-state index is 0.0901. The van der Waals surface area contributed by atoms with Crippen molar-refractivity contribution in [3.63, 3.8) is 0 Å². The quantitative estimate of drug-likeness (QED) is 0.0197. The van der Waals surface area contributed by atoms with Gasteiger partial charge < -0.3 is 24.2 Å². The van der Waals surface area contributed by atoms with Crippen molar-refractivity contribution in [2.45, 2.75) is 213 Å². The van der Waals surface area contributed by atoms with Gasteiger partial charge in [-0.15, -0.1) is 0 Å². The summed E-state index contributed by atoms with van der Waals surface area (Å²) in [5, 5.41) is 9.77. The zero-order chi connectivity index (χ0) is 51.3. The van der Waals surface area contributed by atoms with Crippen molar-refractivity contribution in [2.24, 2.45) is 0 Å². The van der Waals surface area contributed by atoms with Crippen LogP contribution in [-0.4, -0.2) is 66.5 Å². The monoisotopic (exact) mass is 999 g/mol. The van der Waals surface area contributed by atoms with E-state index in [1.807, 2.05) is 12.2 Å². The van der Waals surface area contributed by atoms with Gasteiger partial charge in [0.25, 0.3) is 0 Å². The van der Waals surface area contributed by atoms with Gasteiger partial charge in [0.2, 0.25) is 0 Å². The third-order valence-electron chi connectivity index (χ3n) is 10.7. The second-order valence-corrected chi connectivity index (χ2v) is 18.7. The minimum atomic E-state index is -4.77. The van der Waals surface area contributed by atoms with E-state index in [0.29, 0.717) is 19.3 Å². The molecule has 0 bridgehead atoms. The highest BCUT2D eigenvalue weighted by Gasteiger charge is 2.28. The van der Waals surface area contributed by atoms with Gasteiger partial charge in [-0.25, -0.2) is 4.57 Å². The van der Waals surface area contributed by atoms with Crippen molar-refractivity contribution in [1.82, 2.24) is 0 Å². The molecule has 398 valence electrons. The highest BCUT2D eigenvalue weighted by molar-refractivity contribution is 7.47. The van der Waals surface area contributed by atoms with Crippen molar-refractivity contribution in [2.75, 3.05) is 26.4 Å². The Labute approximate surface area is 425 Å². The summed E-state index contributed by atoms with van der Waals surface area (Å²) in [6.07, 6.45) is 60.8. The summed E-state index contributed by atoms with van der Waals surface area (Å²) in [5.41, 5.74) is 0. The minimum Gasteiger partial charge on any atom is -0.462 e. The summed E-state index contributed by atoms with van der Waals surface area (Å²) >= 11 is 0. The molecule has 0 amide bonds. The summed E-state index contributed by atoms with van der Waals surface area (Å²) in [5.74, 6) is -1.61. The smallest absolute Gasteiger partial charge is 0.462 e. The van der Waals surface area contributed by atoms with Crippen LogP contribution in [0.25, 0.3) is 0 Å². The lowest BCUT2D eigenvalue weighted by molar-refractivity contribution is -0.161. The maximum Gasteiger partial charge on any atom is 0.472 e. The predicted molar refractivity (Wildman–Crippen MR) is 288 cm³/mol. The molecule has 0 saturated carbocycles. The molecule has 70 heavy (non-hydrogen) atoms. The van der Waals surface area contributed by atoms with Gasteiger partial charge in [-0.3, -0.25) is 23.4 Å². The first-order valence-corrected chi connectivity index (χ1v) is 28.3. The van der Waals surface area contributed by atoms with E-state index in [2.05, 4.69) is 118 Å². The number of aliphatic hydroxyl groups is 1. The van der Waals surface area contributed by atoms with Crippen LogP contribution >= 0.6 is 7.82 Å². The van der Waals surface area contributed by atoms with Crippen LogP contribution in [0.15, 0.2) is 109 Å². The summed E-state index contributed by atoms with van der Waals surface area (Å²) in [6.45, 7) is 4.26. The van der Waals surface area contributed by atoms with Crippen molar-refractivity contribution in [1.29, 1.82) is 0 Å². The number of aliphatic hydroxyl groups excluding tert-OH is 1. The molecule has 0 radical (unpaired) electrons. The Morgan fingerprint density at radius 2 is 0.771 bits per heavy atom. The number of esters is 3. The van der Waals surface area contributed by atoms with Crippen molar-refractivity contribution >= 4 is 25.7 Å². The number of hydrogen-bond donors (Lipinski definition) is 2. The Balaban J connectivity index is 4.88.